The average Bonchev–Trinajstić information content (AvgIpc) is 2.84. The zero-order chi connectivity index (χ0) is 14.1. The molecule has 1 heterocycles. The van der Waals surface area contributed by atoms with Crippen molar-refractivity contribution in [1.29, 1.82) is 0 Å². The fraction of sp³-hybridized carbons (Fsp3) is 0.0714. The van der Waals surface area contributed by atoms with Crippen LogP contribution in [0.25, 0.3) is 10.2 Å². The van der Waals surface area contributed by atoms with Crippen LogP contribution < -0.4 is 0 Å². The van der Waals surface area contributed by atoms with Crippen molar-refractivity contribution in [3.63, 3.8) is 0 Å². The van der Waals surface area contributed by atoms with E-state index in [0.29, 0.717) is 10.0 Å². The quantitative estimate of drug-likeness (QED) is 0.733. The summed E-state index contributed by atoms with van der Waals surface area (Å²) >= 11 is 5.26. The first-order chi connectivity index (χ1) is 9.65. The molecule has 0 radical (unpaired) electrons. The molecule has 3 aromatic rings. The molecule has 1 N–H and O–H groups in total. The van der Waals surface area contributed by atoms with Gasteiger partial charge in [-0.2, -0.15) is 0 Å². The molecule has 2 aromatic carbocycles. The lowest BCUT2D eigenvalue weighted by Gasteiger charge is -2.10. The Labute approximate surface area is 127 Å². The molecule has 6 heteroatoms. The fourth-order valence-corrected chi connectivity index (χ4v) is 4.09. The van der Waals surface area contributed by atoms with Crippen LogP contribution in [0, 0.1) is 0 Å². The van der Waals surface area contributed by atoms with Gasteiger partial charge in [0.15, 0.2) is 11.1 Å². The summed E-state index contributed by atoms with van der Waals surface area (Å²) in [5.74, 6) is 0. The van der Waals surface area contributed by atoms with Gasteiger partial charge >= 0.3 is 0 Å². The van der Waals surface area contributed by atoms with Crippen molar-refractivity contribution in [3.05, 3.63) is 64.1 Å². The molecule has 20 heavy (non-hydrogen) atoms. The highest BCUT2D eigenvalue weighted by Gasteiger charge is 2.24. The molecule has 102 valence electrons. The highest BCUT2D eigenvalue weighted by molar-refractivity contribution is 7.79. The minimum atomic E-state index is -2.03. The smallest absolute Gasteiger partial charge is 0.167 e. The summed E-state index contributed by atoms with van der Waals surface area (Å²) < 4.78 is 22.3. The van der Waals surface area contributed by atoms with Gasteiger partial charge in [0, 0.05) is 5.02 Å². The number of nitrogens with zero attached hydrogens (tertiary/aromatic N) is 1. The summed E-state index contributed by atoms with van der Waals surface area (Å²) in [5.41, 5.74) is 1.58. The third-order valence-corrected chi connectivity index (χ3v) is 5.31. The van der Waals surface area contributed by atoms with E-state index in [0.717, 1.165) is 15.8 Å². The van der Waals surface area contributed by atoms with Crippen LogP contribution in [0.2, 0.25) is 5.02 Å². The second-order valence-electron chi connectivity index (χ2n) is 4.23. The van der Waals surface area contributed by atoms with Gasteiger partial charge in [-0.15, -0.1) is 11.3 Å². The van der Waals surface area contributed by atoms with E-state index in [2.05, 4.69) is 4.98 Å². The summed E-state index contributed by atoms with van der Waals surface area (Å²) in [6, 6.07) is 14.6. The van der Waals surface area contributed by atoms with Gasteiger partial charge in [0.25, 0.3) is 0 Å². The van der Waals surface area contributed by atoms with Crippen LogP contribution >= 0.6 is 22.9 Å². The Bertz CT molecular complexity index is 737. The van der Waals surface area contributed by atoms with Crippen LogP contribution in [0.3, 0.4) is 0 Å². The second kappa shape index (κ2) is 5.61. The third kappa shape index (κ3) is 2.62. The van der Waals surface area contributed by atoms with Gasteiger partial charge in [-0.3, -0.25) is 0 Å². The molecule has 3 nitrogen and oxygen atoms in total. The van der Waals surface area contributed by atoms with Gasteiger partial charge in [0.05, 0.1) is 10.2 Å². The van der Waals surface area contributed by atoms with Crippen molar-refractivity contribution < 1.29 is 8.76 Å². The van der Waals surface area contributed by atoms with Crippen molar-refractivity contribution in [2.24, 2.45) is 0 Å². The minimum Gasteiger partial charge on any atom is -0.305 e. The molecule has 3 rings (SSSR count). The summed E-state index contributed by atoms with van der Waals surface area (Å²) in [6.07, 6.45) is 0. The van der Waals surface area contributed by atoms with Crippen molar-refractivity contribution in [3.8, 4) is 0 Å². The summed E-state index contributed by atoms with van der Waals surface area (Å²) in [6.45, 7) is 0. The van der Waals surface area contributed by atoms with Gasteiger partial charge in [0.1, 0.15) is 10.3 Å². The SMILES string of the molecule is O=S(O)C(c1ccc(Cl)cc1)c1nc2ccccc2s1. The number of para-hydroxylation sites is 1. The standard InChI is InChI=1S/C14H10ClNO2S2/c15-10-7-5-9(6-8-10)13(20(17)18)14-16-11-3-1-2-4-12(11)19-14/h1-8,13H,(H,17,18). The molecule has 0 saturated heterocycles. The Morgan fingerprint density at radius 2 is 1.85 bits per heavy atom. The van der Waals surface area contributed by atoms with Gasteiger partial charge in [0.2, 0.25) is 0 Å². The Balaban J connectivity index is 2.10. The largest absolute Gasteiger partial charge is 0.305 e. The minimum absolute atomic E-state index is 0.598. The van der Waals surface area contributed by atoms with E-state index in [1.165, 1.54) is 11.3 Å². The summed E-state index contributed by atoms with van der Waals surface area (Å²) in [5, 5.41) is 0.583. The molecule has 0 aliphatic rings. The average molecular weight is 324 g/mol. The van der Waals surface area contributed by atoms with Crippen LogP contribution in [0.5, 0.6) is 0 Å². The second-order valence-corrected chi connectivity index (χ2v) is 6.75. The van der Waals surface area contributed by atoms with E-state index in [9.17, 15) is 8.76 Å². The first-order valence-electron chi connectivity index (χ1n) is 5.86. The van der Waals surface area contributed by atoms with E-state index >= 15 is 0 Å². The maximum Gasteiger partial charge on any atom is 0.167 e. The van der Waals surface area contributed by atoms with Gasteiger partial charge in [-0.1, -0.05) is 35.9 Å². The van der Waals surface area contributed by atoms with Crippen LogP contribution in [0.4, 0.5) is 0 Å². The van der Waals surface area contributed by atoms with Gasteiger partial charge in [-0.25, -0.2) is 9.19 Å². The van der Waals surface area contributed by atoms with E-state index in [1.807, 2.05) is 24.3 Å². The first-order valence-corrected chi connectivity index (χ1v) is 8.22. The molecule has 2 unspecified atom stereocenters. The fourth-order valence-electron chi connectivity index (χ4n) is 1.98. The number of halogens is 1. The maximum atomic E-state index is 11.7. The molecule has 0 amide bonds. The van der Waals surface area contributed by atoms with E-state index in [1.54, 1.807) is 24.3 Å². The van der Waals surface area contributed by atoms with Gasteiger partial charge < -0.3 is 4.55 Å². The lowest BCUT2D eigenvalue weighted by Crippen LogP contribution is -2.07. The predicted molar refractivity (Wildman–Crippen MR) is 83.7 cm³/mol. The molecule has 2 atom stereocenters. The molecule has 0 aliphatic heterocycles. The summed E-state index contributed by atoms with van der Waals surface area (Å²) in [4.78, 5) is 4.47. The molecular formula is C14H10ClNO2S2. The van der Waals surface area contributed by atoms with Crippen LogP contribution in [0.15, 0.2) is 48.5 Å². The number of thiazole rings is 1. The van der Waals surface area contributed by atoms with Crippen LogP contribution in [-0.2, 0) is 11.1 Å². The number of hydrogen-bond acceptors (Lipinski definition) is 3. The number of aromatic nitrogens is 1. The maximum absolute atomic E-state index is 11.7. The number of hydrogen-bond donors (Lipinski definition) is 1. The number of benzene rings is 2. The summed E-state index contributed by atoms with van der Waals surface area (Å²) in [7, 11) is 0. The molecule has 0 bridgehead atoms. The molecule has 1 aromatic heterocycles. The zero-order valence-electron chi connectivity index (χ0n) is 10.2. The Morgan fingerprint density at radius 1 is 1.15 bits per heavy atom. The molecule has 0 spiro atoms. The molecule has 0 aliphatic carbocycles. The highest BCUT2D eigenvalue weighted by Crippen LogP contribution is 2.33. The normalized spacial score (nSPS) is 14.3. The van der Waals surface area contributed by atoms with Crippen molar-refractivity contribution in [2.75, 3.05) is 0 Å². The lowest BCUT2D eigenvalue weighted by atomic mass is 10.1. The lowest BCUT2D eigenvalue weighted by molar-refractivity contribution is 0.556. The van der Waals surface area contributed by atoms with Crippen LogP contribution in [-0.4, -0.2) is 13.7 Å². The predicted octanol–water partition coefficient (Wildman–Crippen LogP) is 4.26. The Kier molecular flexibility index (Phi) is 3.85. The molecular weight excluding hydrogens is 314 g/mol. The Hall–Kier alpha value is -1.27. The zero-order valence-corrected chi connectivity index (χ0v) is 12.6. The van der Waals surface area contributed by atoms with E-state index in [4.69, 9.17) is 11.6 Å². The number of fused-ring (bicyclic) bond motifs is 1. The van der Waals surface area contributed by atoms with Crippen molar-refractivity contribution in [2.45, 2.75) is 5.25 Å². The van der Waals surface area contributed by atoms with E-state index < -0.39 is 16.3 Å². The first kappa shape index (κ1) is 13.7. The molecule has 0 fully saturated rings. The number of rotatable bonds is 3. The van der Waals surface area contributed by atoms with Crippen molar-refractivity contribution >= 4 is 44.2 Å². The highest BCUT2D eigenvalue weighted by atomic mass is 35.5. The van der Waals surface area contributed by atoms with Gasteiger partial charge in [-0.05, 0) is 29.8 Å². The topological polar surface area (TPSA) is 50.2 Å². The third-order valence-electron chi connectivity index (χ3n) is 2.91. The molecule has 0 saturated carbocycles. The Morgan fingerprint density at radius 3 is 2.50 bits per heavy atom. The van der Waals surface area contributed by atoms with Crippen LogP contribution in [0.1, 0.15) is 15.8 Å². The monoisotopic (exact) mass is 323 g/mol. The van der Waals surface area contributed by atoms with Crippen molar-refractivity contribution in [1.82, 2.24) is 4.98 Å². The van der Waals surface area contributed by atoms with E-state index in [-0.39, 0.29) is 0 Å².